The molecule has 0 spiro atoms. The summed E-state index contributed by atoms with van der Waals surface area (Å²) in [5.41, 5.74) is 5.47. The third-order valence-electron chi connectivity index (χ3n) is 5.84. The zero-order valence-electron chi connectivity index (χ0n) is 15.7. The summed E-state index contributed by atoms with van der Waals surface area (Å²) < 4.78 is 2.49. The van der Waals surface area contributed by atoms with E-state index in [1.807, 2.05) is 12.1 Å². The van der Waals surface area contributed by atoms with Crippen LogP contribution >= 0.6 is 0 Å². The molecule has 0 amide bonds. The molecule has 1 aliphatic heterocycles. The first kappa shape index (κ1) is 17.8. The van der Waals surface area contributed by atoms with Gasteiger partial charge >= 0.3 is 5.97 Å². The summed E-state index contributed by atoms with van der Waals surface area (Å²) in [6, 6.07) is 15.9. The van der Waals surface area contributed by atoms with E-state index in [0.29, 0.717) is 5.56 Å². The number of para-hydroxylation sites is 1. The largest absolute Gasteiger partial charge is 0.478 e. The van der Waals surface area contributed by atoms with Gasteiger partial charge in [-0.25, -0.2) is 4.79 Å². The minimum atomic E-state index is -0.878. The Labute approximate surface area is 159 Å². The zero-order valence-corrected chi connectivity index (χ0v) is 15.7. The Bertz CT molecular complexity index is 950. The first-order valence-electron chi connectivity index (χ1n) is 9.73. The number of nitrogens with one attached hydrogen (secondary N) is 1. The highest BCUT2D eigenvalue weighted by Crippen LogP contribution is 2.30. The van der Waals surface area contributed by atoms with Gasteiger partial charge in [-0.15, -0.1) is 0 Å². The lowest BCUT2D eigenvalue weighted by Crippen LogP contribution is -2.30. The van der Waals surface area contributed by atoms with Crippen molar-refractivity contribution in [3.8, 4) is 0 Å². The van der Waals surface area contributed by atoms with Gasteiger partial charge in [0, 0.05) is 23.1 Å². The van der Waals surface area contributed by atoms with E-state index in [1.54, 1.807) is 12.1 Å². The number of carboxylic acid groups (broad SMARTS) is 1. The average Bonchev–Trinajstić information content (AvgIpc) is 2.95. The Kier molecular flexibility index (Phi) is 4.99. The number of aromatic carboxylic acids is 1. The van der Waals surface area contributed by atoms with E-state index in [1.165, 1.54) is 35.0 Å². The smallest absolute Gasteiger partial charge is 0.335 e. The lowest BCUT2D eigenvalue weighted by atomic mass is 9.98. The fourth-order valence-electron chi connectivity index (χ4n) is 4.25. The number of aromatic nitrogens is 1. The number of hydrogen-bond acceptors (Lipinski definition) is 2. The van der Waals surface area contributed by atoms with Crippen LogP contribution in [0.2, 0.25) is 0 Å². The number of carboxylic acids is 1. The van der Waals surface area contributed by atoms with Gasteiger partial charge in [-0.3, -0.25) is 0 Å². The van der Waals surface area contributed by atoms with Crippen LogP contribution in [-0.4, -0.2) is 28.7 Å². The molecular formula is C23H26N2O2. The maximum absolute atomic E-state index is 11.1. The molecule has 1 saturated heterocycles. The van der Waals surface area contributed by atoms with Crippen LogP contribution in [0.15, 0.2) is 48.5 Å². The first-order chi connectivity index (χ1) is 13.1. The number of rotatable bonds is 5. The first-order valence-corrected chi connectivity index (χ1v) is 9.73. The molecular weight excluding hydrogens is 336 g/mol. The van der Waals surface area contributed by atoms with Crippen LogP contribution in [0.3, 0.4) is 0 Å². The van der Waals surface area contributed by atoms with E-state index in [2.05, 4.69) is 41.1 Å². The van der Waals surface area contributed by atoms with Gasteiger partial charge in [-0.1, -0.05) is 30.3 Å². The number of piperidine rings is 1. The average molecular weight is 362 g/mol. The van der Waals surface area contributed by atoms with E-state index < -0.39 is 5.97 Å². The highest BCUT2D eigenvalue weighted by molar-refractivity contribution is 5.88. The normalized spacial score (nSPS) is 15.3. The summed E-state index contributed by atoms with van der Waals surface area (Å²) in [5.74, 6) is -0.153. The van der Waals surface area contributed by atoms with Gasteiger partial charge in [0.25, 0.3) is 0 Å². The molecule has 2 heterocycles. The highest BCUT2D eigenvalue weighted by atomic mass is 16.4. The molecule has 0 unspecified atom stereocenters. The molecule has 4 rings (SSSR count). The minimum Gasteiger partial charge on any atom is -0.478 e. The lowest BCUT2D eigenvalue weighted by molar-refractivity contribution is 0.0697. The number of hydrogen-bond donors (Lipinski definition) is 2. The molecule has 2 N–H and O–H groups in total. The molecule has 2 aromatic carbocycles. The SMILES string of the molecule is Cc1c(Cc2ccc(C(=O)O)cc2)c2ccccc2n1CC1CCNCC1. The quantitative estimate of drug-likeness (QED) is 0.714. The monoisotopic (exact) mass is 362 g/mol. The summed E-state index contributed by atoms with van der Waals surface area (Å²) in [4.78, 5) is 11.1. The van der Waals surface area contributed by atoms with Gasteiger partial charge in [0.15, 0.2) is 0 Å². The molecule has 3 aromatic rings. The van der Waals surface area contributed by atoms with Crippen molar-refractivity contribution in [2.45, 2.75) is 32.7 Å². The summed E-state index contributed by atoms with van der Waals surface area (Å²) >= 11 is 0. The van der Waals surface area contributed by atoms with E-state index >= 15 is 0 Å². The molecule has 0 radical (unpaired) electrons. The fraction of sp³-hybridized carbons (Fsp3) is 0.348. The van der Waals surface area contributed by atoms with Gasteiger partial charge in [-0.05, 0) is 74.5 Å². The maximum atomic E-state index is 11.1. The standard InChI is InChI=1S/C23H26N2O2/c1-16-21(14-17-6-8-19(9-7-17)23(26)27)20-4-2-3-5-22(20)25(16)15-18-10-12-24-13-11-18/h2-9,18,24H,10-15H2,1H3,(H,26,27). The topological polar surface area (TPSA) is 54.3 Å². The molecule has 27 heavy (non-hydrogen) atoms. The van der Waals surface area contributed by atoms with Crippen LogP contribution in [0.4, 0.5) is 0 Å². The predicted molar refractivity (Wildman–Crippen MR) is 108 cm³/mol. The molecule has 0 bridgehead atoms. The second kappa shape index (κ2) is 7.57. The van der Waals surface area contributed by atoms with E-state index in [9.17, 15) is 4.79 Å². The Morgan fingerprint density at radius 2 is 1.81 bits per heavy atom. The Hall–Kier alpha value is -2.59. The molecule has 1 fully saturated rings. The lowest BCUT2D eigenvalue weighted by Gasteiger charge is -2.24. The predicted octanol–water partition coefficient (Wildman–Crippen LogP) is 4.24. The molecule has 140 valence electrons. The number of carbonyl (C=O) groups is 1. The summed E-state index contributed by atoms with van der Waals surface area (Å²) in [6.07, 6.45) is 3.29. The van der Waals surface area contributed by atoms with Gasteiger partial charge in [-0.2, -0.15) is 0 Å². The van der Waals surface area contributed by atoms with Gasteiger partial charge in [0.1, 0.15) is 0 Å². The van der Waals surface area contributed by atoms with Crippen molar-refractivity contribution in [1.82, 2.24) is 9.88 Å². The van der Waals surface area contributed by atoms with Gasteiger partial charge < -0.3 is 15.0 Å². The fourth-order valence-corrected chi connectivity index (χ4v) is 4.25. The minimum absolute atomic E-state index is 0.337. The highest BCUT2D eigenvalue weighted by Gasteiger charge is 2.19. The van der Waals surface area contributed by atoms with Crippen molar-refractivity contribution >= 4 is 16.9 Å². The third-order valence-corrected chi connectivity index (χ3v) is 5.84. The summed E-state index contributed by atoms with van der Waals surface area (Å²) in [7, 11) is 0. The molecule has 4 nitrogen and oxygen atoms in total. The third kappa shape index (κ3) is 3.62. The Morgan fingerprint density at radius 1 is 1.11 bits per heavy atom. The van der Waals surface area contributed by atoms with Gasteiger partial charge in [0.2, 0.25) is 0 Å². The van der Waals surface area contributed by atoms with Gasteiger partial charge in [0.05, 0.1) is 5.56 Å². The summed E-state index contributed by atoms with van der Waals surface area (Å²) in [6.45, 7) is 5.53. The maximum Gasteiger partial charge on any atom is 0.335 e. The van der Waals surface area contributed by atoms with Crippen LogP contribution in [0, 0.1) is 12.8 Å². The van der Waals surface area contributed by atoms with E-state index in [-0.39, 0.29) is 0 Å². The van der Waals surface area contributed by atoms with E-state index in [4.69, 9.17) is 5.11 Å². The van der Waals surface area contributed by atoms with Crippen LogP contribution in [0.1, 0.15) is 40.0 Å². The number of fused-ring (bicyclic) bond motifs is 1. The molecule has 0 saturated carbocycles. The molecule has 0 atom stereocenters. The molecule has 1 aliphatic rings. The van der Waals surface area contributed by atoms with Crippen molar-refractivity contribution in [3.63, 3.8) is 0 Å². The van der Waals surface area contributed by atoms with Crippen LogP contribution < -0.4 is 5.32 Å². The number of nitrogens with zero attached hydrogens (tertiary/aromatic N) is 1. The number of benzene rings is 2. The molecule has 4 heteroatoms. The summed E-state index contributed by atoms with van der Waals surface area (Å²) in [5, 5.41) is 13.9. The second-order valence-corrected chi connectivity index (χ2v) is 7.56. The van der Waals surface area contributed by atoms with Crippen molar-refractivity contribution in [1.29, 1.82) is 0 Å². The van der Waals surface area contributed by atoms with Crippen molar-refractivity contribution < 1.29 is 9.90 Å². The van der Waals surface area contributed by atoms with Crippen molar-refractivity contribution in [2.75, 3.05) is 13.1 Å². The van der Waals surface area contributed by atoms with Crippen LogP contribution in [-0.2, 0) is 13.0 Å². The Balaban J connectivity index is 1.67. The molecule has 1 aromatic heterocycles. The molecule has 0 aliphatic carbocycles. The second-order valence-electron chi connectivity index (χ2n) is 7.56. The van der Waals surface area contributed by atoms with Crippen molar-refractivity contribution in [3.05, 3.63) is 70.9 Å². The van der Waals surface area contributed by atoms with Crippen LogP contribution in [0.5, 0.6) is 0 Å². The van der Waals surface area contributed by atoms with Crippen molar-refractivity contribution in [2.24, 2.45) is 5.92 Å². The Morgan fingerprint density at radius 3 is 2.52 bits per heavy atom. The van der Waals surface area contributed by atoms with Crippen LogP contribution in [0.25, 0.3) is 10.9 Å². The zero-order chi connectivity index (χ0) is 18.8. The van der Waals surface area contributed by atoms with E-state index in [0.717, 1.165) is 37.5 Å².